The molecule has 1 aromatic heterocycles. The fraction of sp³-hybridized carbons (Fsp3) is 0.429. The summed E-state index contributed by atoms with van der Waals surface area (Å²) in [6.07, 6.45) is -0.266. The van der Waals surface area contributed by atoms with Crippen molar-refractivity contribution in [2.75, 3.05) is 20.2 Å². The van der Waals surface area contributed by atoms with Gasteiger partial charge in [-0.1, -0.05) is 43.0 Å². The number of hydrogen-bond acceptors (Lipinski definition) is 11. The van der Waals surface area contributed by atoms with Gasteiger partial charge in [-0.2, -0.15) is 0 Å². The summed E-state index contributed by atoms with van der Waals surface area (Å²) in [6.45, 7) is 13.6. The highest BCUT2D eigenvalue weighted by Crippen LogP contribution is 2.45. The molecule has 3 fully saturated rings. The molecule has 3 N–H and O–H groups in total. The van der Waals surface area contributed by atoms with Gasteiger partial charge < -0.3 is 29.3 Å². The number of amides is 5. The van der Waals surface area contributed by atoms with Crippen LogP contribution in [0.3, 0.4) is 0 Å². The third-order valence-electron chi connectivity index (χ3n) is 10.4. The van der Waals surface area contributed by atoms with Gasteiger partial charge in [0.1, 0.15) is 34.8 Å². The molecule has 3 aromatic rings. The van der Waals surface area contributed by atoms with Crippen molar-refractivity contribution in [3.05, 3.63) is 79.9 Å². The maximum Gasteiger partial charge on any atom is 0.409 e. The number of rotatable bonds is 15. The van der Waals surface area contributed by atoms with Crippen LogP contribution in [0.2, 0.25) is 0 Å². The number of likely N-dealkylation sites (tertiary alicyclic amines) is 1. The molecule has 6 rings (SSSR count). The van der Waals surface area contributed by atoms with Crippen LogP contribution in [-0.2, 0) is 33.9 Å². The van der Waals surface area contributed by atoms with Crippen LogP contribution in [0.1, 0.15) is 53.4 Å². The number of methoxy groups -OCH3 is 1. The Labute approximate surface area is 343 Å². The summed E-state index contributed by atoms with van der Waals surface area (Å²) in [5.41, 5.74) is -0.621. The fourth-order valence-corrected chi connectivity index (χ4v) is 8.52. The third kappa shape index (κ3) is 9.35. The fourth-order valence-electron chi connectivity index (χ4n) is 7.16. The van der Waals surface area contributed by atoms with E-state index in [1.807, 2.05) is 30.3 Å². The van der Waals surface area contributed by atoms with Crippen molar-refractivity contribution in [3.63, 3.8) is 0 Å². The smallest absolute Gasteiger partial charge is 0.409 e. The summed E-state index contributed by atoms with van der Waals surface area (Å²) in [7, 11) is -2.44. The first kappa shape index (κ1) is 42.6. The molecule has 2 aliphatic carbocycles. The Balaban J connectivity index is 1.38. The van der Waals surface area contributed by atoms with E-state index in [9.17, 15) is 32.4 Å². The van der Waals surface area contributed by atoms with Crippen LogP contribution in [0.4, 0.5) is 4.79 Å². The Bertz CT molecular complexity index is 2280. The lowest BCUT2D eigenvalue weighted by Gasteiger charge is -2.35. The van der Waals surface area contributed by atoms with Gasteiger partial charge in [0.2, 0.25) is 21.8 Å². The summed E-state index contributed by atoms with van der Waals surface area (Å²) in [4.78, 5) is 76.4. The highest BCUT2D eigenvalue weighted by atomic mass is 32.2. The van der Waals surface area contributed by atoms with Gasteiger partial charge in [-0.15, -0.1) is 6.58 Å². The molecule has 1 saturated heterocycles. The lowest BCUT2D eigenvalue weighted by molar-refractivity contribution is -0.148. The normalized spacial score (nSPS) is 21.7. The molecule has 5 atom stereocenters. The standard InChI is InChI=1S/C42H50N6O10S/c1-8-26-23-42(26,39(52)46-59(54,55)29-17-18-29)45-37(50)33-21-28(24-48(33)38(51)36(47(10-3)35(49)9-2)44-40(53)58-41(4,5)6)57-34-22-32(25-14-12-11-13-15-25)43-31-19-16-27(56-7)20-30(31)34/h8-9,11-16,19-20,22,26,28-29,33,36H,1-2,10,17-18,21,23-24H2,3-7H3,(H,44,53)(H,45,50)(H,46,52)/t26-,28-,33+,36-,42-/m1/s1. The SMILES string of the molecule is C=CC(=O)N(CC)[C@@H](NC(=O)OC(C)(C)C)C(=O)N1C[C@H](Oc2cc(-c3ccccc3)nc3ccc(OC)cc23)C[C@H]1C(=O)N[C@]1(C(=O)NS(=O)(=O)C2CC2)C[C@H]1C=C. The maximum absolute atomic E-state index is 14.8. The molecular formula is C42H50N6O10S. The van der Waals surface area contributed by atoms with E-state index in [4.69, 9.17) is 19.2 Å². The Morgan fingerprint density at radius 1 is 1.07 bits per heavy atom. The molecule has 2 heterocycles. The maximum atomic E-state index is 14.8. The van der Waals surface area contributed by atoms with E-state index in [-0.39, 0.29) is 25.9 Å². The van der Waals surface area contributed by atoms with Crippen molar-refractivity contribution in [1.82, 2.24) is 30.1 Å². The predicted octanol–water partition coefficient (Wildman–Crippen LogP) is 3.81. The number of carbonyl (C=O) groups excluding carboxylic acids is 5. The van der Waals surface area contributed by atoms with E-state index >= 15 is 0 Å². The Morgan fingerprint density at radius 2 is 1.78 bits per heavy atom. The quantitative estimate of drug-likeness (QED) is 0.114. The van der Waals surface area contributed by atoms with Crippen LogP contribution in [0.5, 0.6) is 11.5 Å². The number of sulfonamides is 1. The van der Waals surface area contributed by atoms with Gasteiger partial charge in [0.25, 0.3) is 11.8 Å². The number of benzene rings is 2. The Kier molecular flexibility index (Phi) is 12.1. The van der Waals surface area contributed by atoms with Gasteiger partial charge in [0.15, 0.2) is 6.17 Å². The second-order valence-corrected chi connectivity index (χ2v) is 17.8. The minimum atomic E-state index is -3.97. The van der Waals surface area contributed by atoms with E-state index in [2.05, 4.69) is 28.5 Å². The van der Waals surface area contributed by atoms with Crippen molar-refractivity contribution in [2.45, 2.75) is 88.1 Å². The first-order valence-electron chi connectivity index (χ1n) is 19.4. The highest BCUT2D eigenvalue weighted by molar-refractivity contribution is 7.91. The topological polar surface area (TPSA) is 203 Å². The molecule has 0 bridgehead atoms. The zero-order valence-corrected chi connectivity index (χ0v) is 34.5. The van der Waals surface area contributed by atoms with Crippen molar-refractivity contribution in [1.29, 1.82) is 0 Å². The lowest BCUT2D eigenvalue weighted by Crippen LogP contribution is -2.62. The summed E-state index contributed by atoms with van der Waals surface area (Å²) in [6, 6.07) is 15.2. The van der Waals surface area contributed by atoms with Crippen LogP contribution in [-0.4, -0.2) is 108 Å². The van der Waals surface area contributed by atoms with Crippen molar-refractivity contribution in [3.8, 4) is 22.8 Å². The molecular weight excluding hydrogens is 781 g/mol. The number of fused-ring (bicyclic) bond motifs is 1. The first-order valence-corrected chi connectivity index (χ1v) is 20.9. The Morgan fingerprint density at radius 3 is 2.37 bits per heavy atom. The molecule has 1 aliphatic heterocycles. The monoisotopic (exact) mass is 830 g/mol. The molecule has 2 saturated carbocycles. The third-order valence-corrected chi connectivity index (χ3v) is 12.3. The molecule has 16 nitrogen and oxygen atoms in total. The highest BCUT2D eigenvalue weighted by Gasteiger charge is 2.62. The van der Waals surface area contributed by atoms with Crippen LogP contribution in [0, 0.1) is 5.92 Å². The molecule has 0 radical (unpaired) electrons. The number of aromatic nitrogens is 1. The van der Waals surface area contributed by atoms with E-state index in [1.165, 1.54) is 18.1 Å². The lowest BCUT2D eigenvalue weighted by atomic mass is 10.1. The van der Waals surface area contributed by atoms with Crippen LogP contribution >= 0.6 is 0 Å². The average Bonchev–Trinajstić information content (AvgIpc) is 4.13. The average molecular weight is 831 g/mol. The van der Waals surface area contributed by atoms with Crippen molar-refractivity contribution < 1.29 is 46.6 Å². The molecule has 5 amide bonds. The first-order chi connectivity index (χ1) is 27.9. The molecule has 17 heteroatoms. The summed E-state index contributed by atoms with van der Waals surface area (Å²) >= 11 is 0. The number of hydrogen-bond donors (Lipinski definition) is 3. The van der Waals surface area contributed by atoms with Gasteiger partial charge >= 0.3 is 6.09 Å². The number of likely N-dealkylation sites (N-methyl/N-ethyl adjacent to an activating group) is 1. The predicted molar refractivity (Wildman–Crippen MR) is 218 cm³/mol. The minimum absolute atomic E-state index is 0.0471. The zero-order chi connectivity index (χ0) is 42.9. The molecule has 3 aliphatic rings. The summed E-state index contributed by atoms with van der Waals surface area (Å²) in [5, 5.41) is 5.16. The van der Waals surface area contributed by atoms with Crippen molar-refractivity contribution in [2.24, 2.45) is 5.92 Å². The number of nitrogens with zero attached hydrogens (tertiary/aromatic N) is 3. The second kappa shape index (κ2) is 16.7. The molecule has 314 valence electrons. The van der Waals surface area contributed by atoms with E-state index in [0.717, 1.165) is 16.5 Å². The van der Waals surface area contributed by atoms with Gasteiger partial charge in [0, 0.05) is 35.9 Å². The number of carbonyl (C=O) groups is 5. The van der Waals surface area contributed by atoms with Crippen molar-refractivity contribution >= 4 is 50.6 Å². The zero-order valence-electron chi connectivity index (χ0n) is 33.7. The molecule has 0 spiro atoms. The Hall–Kier alpha value is -5.97. The van der Waals surface area contributed by atoms with Crippen LogP contribution < -0.4 is 24.8 Å². The summed E-state index contributed by atoms with van der Waals surface area (Å²) in [5.74, 6) is -2.91. The number of pyridine rings is 1. The molecule has 0 unspecified atom stereocenters. The van der Waals surface area contributed by atoms with Gasteiger partial charge in [0.05, 0.1) is 30.1 Å². The van der Waals surface area contributed by atoms with E-state index < -0.39 is 80.4 Å². The molecule has 2 aromatic carbocycles. The van der Waals surface area contributed by atoms with E-state index in [0.29, 0.717) is 40.9 Å². The van der Waals surface area contributed by atoms with E-state index in [1.54, 1.807) is 52.0 Å². The number of alkyl carbamates (subject to hydrolysis) is 1. The number of ether oxygens (including phenoxy) is 3. The number of nitrogens with one attached hydrogen (secondary N) is 3. The van der Waals surface area contributed by atoms with Crippen LogP contribution in [0.25, 0.3) is 22.2 Å². The van der Waals surface area contributed by atoms with Gasteiger partial charge in [-0.05, 0) is 71.2 Å². The summed E-state index contributed by atoms with van der Waals surface area (Å²) < 4.78 is 45.4. The second-order valence-electron chi connectivity index (χ2n) is 15.8. The van der Waals surface area contributed by atoms with Gasteiger partial charge in [-0.3, -0.25) is 29.2 Å². The van der Waals surface area contributed by atoms with Crippen LogP contribution in [0.15, 0.2) is 79.9 Å². The minimum Gasteiger partial charge on any atom is -0.497 e. The largest absolute Gasteiger partial charge is 0.497 e. The molecule has 59 heavy (non-hydrogen) atoms. The van der Waals surface area contributed by atoms with Gasteiger partial charge in [-0.25, -0.2) is 18.2 Å².